The topological polar surface area (TPSA) is 258 Å². The molecule has 0 aliphatic carbocycles. The van der Waals surface area contributed by atoms with Crippen LogP contribution in [0.4, 0.5) is 9.59 Å². The van der Waals surface area contributed by atoms with E-state index < -0.39 is 48.5 Å². The SMILES string of the molecule is CC(=O)O.COC(=O)NCC(=O)NCCCCc1nc2ccc(C#Cc3ccc(-c4cnc(C5CCCN5C(=O)C(CC(=O)O)NC(=O)OC)[nH]4)cc3)cc2[nH]1. The number of aryl methyl sites for hydroxylation is 1. The first-order valence-electron chi connectivity index (χ1n) is 17.7. The van der Waals surface area contributed by atoms with Crippen molar-refractivity contribution in [3.8, 4) is 23.1 Å². The number of nitrogens with zero attached hydrogens (tertiary/aromatic N) is 3. The number of imidazole rings is 2. The minimum atomic E-state index is -1.26. The number of rotatable bonds is 13. The quantitative estimate of drug-likeness (QED) is 0.0764. The normalized spacial score (nSPS) is 13.6. The Hall–Kier alpha value is -6.90. The van der Waals surface area contributed by atoms with E-state index in [1.54, 1.807) is 11.1 Å². The predicted octanol–water partition coefficient (Wildman–Crippen LogP) is 3.10. The Labute approximate surface area is 321 Å². The van der Waals surface area contributed by atoms with Crippen LogP contribution in [-0.4, -0.2) is 111 Å². The molecule has 56 heavy (non-hydrogen) atoms. The van der Waals surface area contributed by atoms with Crippen LogP contribution in [0.15, 0.2) is 48.7 Å². The van der Waals surface area contributed by atoms with Gasteiger partial charge < -0.3 is 50.5 Å². The molecule has 1 aliphatic heterocycles. The zero-order chi connectivity index (χ0) is 40.6. The van der Waals surface area contributed by atoms with Crippen LogP contribution in [0.3, 0.4) is 0 Å². The van der Waals surface area contributed by atoms with Gasteiger partial charge in [0, 0.05) is 37.6 Å². The van der Waals surface area contributed by atoms with Gasteiger partial charge in [-0.3, -0.25) is 19.2 Å². The molecule has 18 nitrogen and oxygen atoms in total. The Kier molecular flexibility index (Phi) is 15.3. The molecule has 1 saturated heterocycles. The molecule has 7 N–H and O–H groups in total. The zero-order valence-corrected chi connectivity index (χ0v) is 31.1. The summed E-state index contributed by atoms with van der Waals surface area (Å²) in [4.78, 5) is 85.6. The molecule has 2 atom stereocenters. The van der Waals surface area contributed by atoms with E-state index in [0.717, 1.165) is 72.5 Å². The molecule has 2 aromatic carbocycles. The molecule has 5 rings (SSSR count). The number of aliphatic carboxylic acids is 2. The van der Waals surface area contributed by atoms with E-state index in [1.165, 1.54) is 7.11 Å². The number of benzene rings is 2. The number of ether oxygens (including phenoxy) is 2. The maximum atomic E-state index is 13.3. The van der Waals surface area contributed by atoms with E-state index >= 15 is 0 Å². The van der Waals surface area contributed by atoms with Crippen LogP contribution in [0.2, 0.25) is 0 Å². The summed E-state index contributed by atoms with van der Waals surface area (Å²) >= 11 is 0. The molecule has 0 radical (unpaired) electrons. The highest BCUT2D eigenvalue weighted by Crippen LogP contribution is 2.32. The lowest BCUT2D eigenvalue weighted by Crippen LogP contribution is -2.49. The smallest absolute Gasteiger partial charge is 0.407 e. The van der Waals surface area contributed by atoms with Crippen molar-refractivity contribution in [2.24, 2.45) is 0 Å². The standard InChI is InChI=1S/C36H40N8O8.C2H4O2/c1-51-35(49)39-21-31(45)37-16-4-3-7-30-40-25-15-12-23(18-26(25)41-30)9-8-22-10-13-24(14-11-22)28-20-38-33(42-28)29-6-5-17-44(29)34(48)27(19-32(46)47)43-36(50)52-2;1-2(3)4/h10-15,18,20,27,29H,3-7,16-17,19,21H2,1-2H3,(H,37,45)(H,38,42)(H,39,49)(H,40,41)(H,43,50)(H,46,47);1H3,(H,3,4). The number of carboxylic acid groups (broad SMARTS) is 2. The van der Waals surface area contributed by atoms with E-state index in [4.69, 9.17) is 9.90 Å². The number of unbranched alkanes of at least 4 members (excludes halogenated alkanes) is 1. The monoisotopic (exact) mass is 772 g/mol. The third-order valence-corrected chi connectivity index (χ3v) is 8.42. The second-order valence-corrected chi connectivity index (χ2v) is 12.6. The third kappa shape index (κ3) is 12.6. The van der Waals surface area contributed by atoms with Gasteiger partial charge in [0.25, 0.3) is 5.97 Å². The average Bonchev–Trinajstić information content (AvgIpc) is 3.95. The molecule has 0 bridgehead atoms. The van der Waals surface area contributed by atoms with Crippen LogP contribution < -0.4 is 16.0 Å². The van der Waals surface area contributed by atoms with Gasteiger partial charge in [-0.25, -0.2) is 19.6 Å². The predicted molar refractivity (Wildman–Crippen MR) is 201 cm³/mol. The fraction of sp³-hybridized carbons (Fsp3) is 0.368. The van der Waals surface area contributed by atoms with Crippen molar-refractivity contribution in [1.29, 1.82) is 0 Å². The van der Waals surface area contributed by atoms with Gasteiger partial charge in [0.1, 0.15) is 17.7 Å². The van der Waals surface area contributed by atoms with Crippen molar-refractivity contribution in [3.05, 3.63) is 71.4 Å². The Morgan fingerprint density at radius 1 is 0.946 bits per heavy atom. The maximum Gasteiger partial charge on any atom is 0.407 e. The van der Waals surface area contributed by atoms with Crippen molar-refractivity contribution in [3.63, 3.8) is 0 Å². The first-order valence-corrected chi connectivity index (χ1v) is 17.7. The molecule has 296 valence electrons. The number of carboxylic acids is 2. The van der Waals surface area contributed by atoms with E-state index in [1.807, 2.05) is 42.5 Å². The molecule has 0 saturated carbocycles. The number of hydrogen-bond donors (Lipinski definition) is 7. The second-order valence-electron chi connectivity index (χ2n) is 12.6. The Morgan fingerprint density at radius 2 is 1.64 bits per heavy atom. The molecule has 4 aromatic rings. The molecule has 4 amide bonds. The number of fused-ring (bicyclic) bond motifs is 1. The molecular weight excluding hydrogens is 728 g/mol. The van der Waals surface area contributed by atoms with Crippen LogP contribution >= 0.6 is 0 Å². The molecule has 0 spiro atoms. The molecular formula is C38H44N8O10. The van der Waals surface area contributed by atoms with Crippen molar-refractivity contribution in [2.45, 2.75) is 57.5 Å². The van der Waals surface area contributed by atoms with Crippen LogP contribution in [0.5, 0.6) is 0 Å². The largest absolute Gasteiger partial charge is 0.481 e. The number of amides is 4. The zero-order valence-electron chi connectivity index (χ0n) is 31.1. The summed E-state index contributed by atoms with van der Waals surface area (Å²) in [5, 5.41) is 24.1. The molecule has 2 aromatic heterocycles. The van der Waals surface area contributed by atoms with E-state index in [0.29, 0.717) is 31.8 Å². The average molecular weight is 773 g/mol. The number of carbonyl (C=O) groups is 6. The number of carbonyl (C=O) groups excluding carboxylic acids is 4. The highest BCUT2D eigenvalue weighted by Gasteiger charge is 2.37. The van der Waals surface area contributed by atoms with Gasteiger partial charge in [-0.2, -0.15) is 0 Å². The lowest BCUT2D eigenvalue weighted by Gasteiger charge is -2.27. The minimum absolute atomic E-state index is 0.133. The van der Waals surface area contributed by atoms with Crippen LogP contribution in [-0.2, 0) is 35.1 Å². The lowest BCUT2D eigenvalue weighted by atomic mass is 10.1. The van der Waals surface area contributed by atoms with Crippen LogP contribution in [0, 0.1) is 11.8 Å². The van der Waals surface area contributed by atoms with Gasteiger partial charge in [0.2, 0.25) is 11.8 Å². The maximum absolute atomic E-state index is 13.3. The Bertz CT molecular complexity index is 2080. The van der Waals surface area contributed by atoms with E-state index in [-0.39, 0.29) is 12.5 Å². The summed E-state index contributed by atoms with van der Waals surface area (Å²) in [6, 6.07) is 11.8. The fourth-order valence-electron chi connectivity index (χ4n) is 5.81. The number of nitrogens with one attached hydrogen (secondary N) is 5. The minimum Gasteiger partial charge on any atom is -0.481 e. The molecule has 3 heterocycles. The second kappa shape index (κ2) is 20.5. The van der Waals surface area contributed by atoms with E-state index in [2.05, 4.69) is 57.2 Å². The summed E-state index contributed by atoms with van der Waals surface area (Å²) in [6.07, 6.45) is 3.22. The molecule has 1 aliphatic rings. The Morgan fingerprint density at radius 3 is 2.34 bits per heavy atom. The number of aromatic amines is 2. The number of alkyl carbamates (subject to hydrolysis) is 2. The van der Waals surface area contributed by atoms with Crippen molar-refractivity contribution in [1.82, 2.24) is 40.8 Å². The highest BCUT2D eigenvalue weighted by molar-refractivity contribution is 5.89. The number of H-pyrrole nitrogens is 2. The first-order chi connectivity index (χ1) is 26.9. The number of aromatic nitrogens is 4. The summed E-state index contributed by atoms with van der Waals surface area (Å²) < 4.78 is 9.01. The highest BCUT2D eigenvalue weighted by atomic mass is 16.5. The van der Waals surface area contributed by atoms with E-state index in [9.17, 15) is 29.1 Å². The number of methoxy groups -OCH3 is 2. The molecule has 1 fully saturated rings. The van der Waals surface area contributed by atoms with Crippen molar-refractivity contribution >= 4 is 47.0 Å². The lowest BCUT2D eigenvalue weighted by molar-refractivity contribution is -0.143. The molecule has 18 heteroatoms. The van der Waals surface area contributed by atoms with Gasteiger partial charge in [0.15, 0.2) is 0 Å². The van der Waals surface area contributed by atoms with Crippen LogP contribution in [0.1, 0.15) is 67.8 Å². The molecule has 2 unspecified atom stereocenters. The fourth-order valence-corrected chi connectivity index (χ4v) is 5.81. The number of likely N-dealkylation sites (tertiary alicyclic amines) is 1. The van der Waals surface area contributed by atoms with Crippen molar-refractivity contribution in [2.75, 3.05) is 33.9 Å². The third-order valence-electron chi connectivity index (χ3n) is 8.42. The van der Waals surface area contributed by atoms with Gasteiger partial charge in [-0.1, -0.05) is 24.0 Å². The summed E-state index contributed by atoms with van der Waals surface area (Å²) in [5.74, 6) is 4.99. The van der Waals surface area contributed by atoms with Gasteiger partial charge in [-0.05, 0) is 61.6 Å². The number of hydrogen-bond acceptors (Lipinski definition) is 10. The van der Waals surface area contributed by atoms with Gasteiger partial charge >= 0.3 is 18.2 Å². The summed E-state index contributed by atoms with van der Waals surface area (Å²) in [5.41, 5.74) is 5.00. The van der Waals surface area contributed by atoms with Crippen molar-refractivity contribution < 1.29 is 48.5 Å². The van der Waals surface area contributed by atoms with Gasteiger partial charge in [0.05, 0.1) is 56.2 Å². The van der Waals surface area contributed by atoms with Gasteiger partial charge in [-0.15, -0.1) is 0 Å². The van der Waals surface area contributed by atoms with Crippen LogP contribution in [0.25, 0.3) is 22.3 Å². The summed E-state index contributed by atoms with van der Waals surface area (Å²) in [7, 11) is 2.38. The summed E-state index contributed by atoms with van der Waals surface area (Å²) in [6.45, 7) is 1.85. The first kappa shape index (κ1) is 41.9. The Balaban J connectivity index is 0.00000166.